The number of pyridine rings is 1. The molecule has 1 aromatic heterocycles. The van der Waals surface area contributed by atoms with Crippen molar-refractivity contribution in [2.75, 3.05) is 0 Å². The number of hydrogen-bond donors (Lipinski definition) is 1. The van der Waals surface area contributed by atoms with Gasteiger partial charge in [0.05, 0.1) is 4.92 Å². The molecule has 0 saturated carbocycles. The zero-order chi connectivity index (χ0) is 9.30. The topological polar surface area (TPSA) is 67.2 Å². The van der Waals surface area contributed by atoms with E-state index >= 15 is 0 Å². The van der Waals surface area contributed by atoms with Crippen LogP contribution in [0.15, 0.2) is 12.3 Å². The van der Waals surface area contributed by atoms with Crippen LogP contribution in [0.5, 0.6) is 0 Å². The number of nitro groups is 1. The van der Waals surface area contributed by atoms with E-state index in [1.54, 1.807) is 0 Å². The first kappa shape index (κ1) is 9.02. The summed E-state index contributed by atoms with van der Waals surface area (Å²) in [6.45, 7) is 0. The molecular weight excluding hydrogens is 207 g/mol. The van der Waals surface area contributed by atoms with E-state index < -0.39 is 4.92 Å². The number of nitrogens with zero attached hydrogens (tertiary/aromatic N) is 2. The monoisotopic (exact) mass is 209 g/mol. The van der Waals surface area contributed by atoms with Crippen LogP contribution >= 0.6 is 23.2 Å². The molecule has 64 valence electrons. The minimum absolute atomic E-state index is 0.174. The van der Waals surface area contributed by atoms with Crippen molar-refractivity contribution in [3.63, 3.8) is 0 Å². The molecule has 0 spiro atoms. The molecule has 7 heteroatoms. The van der Waals surface area contributed by atoms with Crippen LogP contribution in [0.4, 0.5) is 5.69 Å². The highest BCUT2D eigenvalue weighted by molar-refractivity contribution is 6.33. The molecule has 1 N–H and O–H groups in total. The molecule has 5 nitrogen and oxygen atoms in total. The fraction of sp³-hybridized carbons (Fsp3) is 0. The maximum Gasteiger partial charge on any atom is 0.332 e. The van der Waals surface area contributed by atoms with Gasteiger partial charge in [0, 0.05) is 4.73 Å². The summed E-state index contributed by atoms with van der Waals surface area (Å²) in [4.78, 5) is 9.57. The molecule has 1 heterocycles. The van der Waals surface area contributed by atoms with Crippen molar-refractivity contribution in [3.05, 3.63) is 32.6 Å². The summed E-state index contributed by atoms with van der Waals surface area (Å²) in [6.07, 6.45) is 0.946. The van der Waals surface area contributed by atoms with E-state index in [0.717, 1.165) is 12.3 Å². The third-order valence-corrected chi connectivity index (χ3v) is 1.73. The Bertz CT molecular complexity index is 342. The summed E-state index contributed by atoms with van der Waals surface area (Å²) in [5.74, 6) is 0. The van der Waals surface area contributed by atoms with Gasteiger partial charge < -0.3 is 0 Å². The standard InChI is InChI=1S/C5H3Cl2N2O3/c6-3-2-8(10)5(7)1-4(3)9(11)12/h1-2,10H/q+1. The molecule has 0 aliphatic carbocycles. The van der Waals surface area contributed by atoms with E-state index in [4.69, 9.17) is 28.4 Å². The number of rotatable bonds is 1. The fourth-order valence-electron chi connectivity index (χ4n) is 0.623. The molecule has 0 aromatic carbocycles. The lowest BCUT2D eigenvalue weighted by Gasteiger charge is -1.91. The number of halogens is 2. The van der Waals surface area contributed by atoms with Gasteiger partial charge in [0.25, 0.3) is 0 Å². The molecule has 1 rings (SSSR count). The molecule has 0 fully saturated rings. The molecule has 0 bridgehead atoms. The average molecular weight is 210 g/mol. The Morgan fingerprint density at radius 3 is 2.67 bits per heavy atom. The van der Waals surface area contributed by atoms with Gasteiger partial charge in [-0.25, -0.2) is 0 Å². The summed E-state index contributed by atoms with van der Waals surface area (Å²) >= 11 is 10.8. The van der Waals surface area contributed by atoms with Gasteiger partial charge in [-0.15, -0.1) is 0 Å². The van der Waals surface area contributed by atoms with Gasteiger partial charge in [0.15, 0.2) is 5.02 Å². The summed E-state index contributed by atoms with van der Waals surface area (Å²) in [5, 5.41) is 18.8. The van der Waals surface area contributed by atoms with Gasteiger partial charge in [-0.3, -0.25) is 15.3 Å². The SMILES string of the molecule is O=[N+]([O-])c1cc(Cl)[n+](O)cc1Cl. The van der Waals surface area contributed by atoms with E-state index in [0.29, 0.717) is 4.73 Å². The van der Waals surface area contributed by atoms with Crippen LogP contribution in [0.25, 0.3) is 0 Å². The molecule has 0 amide bonds. The molecule has 0 atom stereocenters. The second kappa shape index (κ2) is 3.12. The first-order valence-corrected chi connectivity index (χ1v) is 3.52. The maximum absolute atomic E-state index is 10.3. The summed E-state index contributed by atoms with van der Waals surface area (Å²) in [5.41, 5.74) is -0.341. The Labute approximate surface area is 76.9 Å². The summed E-state index contributed by atoms with van der Waals surface area (Å²) < 4.78 is 0.497. The van der Waals surface area contributed by atoms with Crippen molar-refractivity contribution in [3.8, 4) is 0 Å². The van der Waals surface area contributed by atoms with E-state index in [-0.39, 0.29) is 15.9 Å². The molecular formula is C5H3Cl2N2O3+. The highest BCUT2D eigenvalue weighted by atomic mass is 35.5. The first-order valence-electron chi connectivity index (χ1n) is 2.76. The minimum Gasteiger partial charge on any atom is -0.284 e. The minimum atomic E-state index is -0.686. The third kappa shape index (κ3) is 1.57. The van der Waals surface area contributed by atoms with Crippen molar-refractivity contribution in [2.24, 2.45) is 0 Å². The van der Waals surface area contributed by atoms with Crippen molar-refractivity contribution in [2.45, 2.75) is 0 Å². The van der Waals surface area contributed by atoms with Crippen LogP contribution in [-0.2, 0) is 0 Å². The van der Waals surface area contributed by atoms with Crippen LogP contribution in [0, 0.1) is 10.1 Å². The zero-order valence-corrected chi connectivity index (χ0v) is 7.08. The van der Waals surface area contributed by atoms with Gasteiger partial charge in [-0.1, -0.05) is 11.6 Å². The lowest BCUT2D eigenvalue weighted by molar-refractivity contribution is -0.903. The number of hydrogen-bond acceptors (Lipinski definition) is 3. The van der Waals surface area contributed by atoms with Crippen molar-refractivity contribution in [1.29, 1.82) is 0 Å². The van der Waals surface area contributed by atoms with Crippen LogP contribution in [0.3, 0.4) is 0 Å². The fourth-order valence-corrected chi connectivity index (χ4v) is 0.991. The first-order chi connectivity index (χ1) is 5.52. The van der Waals surface area contributed by atoms with Crippen molar-refractivity contribution in [1.82, 2.24) is 0 Å². The smallest absolute Gasteiger partial charge is 0.284 e. The van der Waals surface area contributed by atoms with Gasteiger partial charge in [-0.05, 0) is 11.6 Å². The predicted octanol–water partition coefficient (Wildman–Crippen LogP) is 1.43. The van der Waals surface area contributed by atoms with E-state index in [2.05, 4.69) is 0 Å². The Morgan fingerprint density at radius 2 is 2.17 bits per heavy atom. The number of aromatic nitrogens is 1. The lowest BCUT2D eigenvalue weighted by Crippen LogP contribution is -2.30. The largest absolute Gasteiger partial charge is 0.332 e. The van der Waals surface area contributed by atoms with Crippen molar-refractivity contribution < 1.29 is 14.9 Å². The maximum atomic E-state index is 10.3. The Kier molecular flexibility index (Phi) is 2.35. The quantitative estimate of drug-likeness (QED) is 0.250. The predicted molar refractivity (Wildman–Crippen MR) is 40.5 cm³/mol. The second-order valence-electron chi connectivity index (χ2n) is 1.93. The molecule has 0 aliphatic rings. The van der Waals surface area contributed by atoms with E-state index in [1.165, 1.54) is 0 Å². The van der Waals surface area contributed by atoms with Crippen LogP contribution in [0.2, 0.25) is 10.2 Å². The van der Waals surface area contributed by atoms with Crippen molar-refractivity contribution >= 4 is 28.9 Å². The van der Waals surface area contributed by atoms with E-state index in [1.807, 2.05) is 0 Å². The Balaban J connectivity index is 3.33. The van der Waals surface area contributed by atoms with Gasteiger partial charge in [0.1, 0.15) is 6.07 Å². The average Bonchev–Trinajstić information content (AvgIpc) is 1.96. The van der Waals surface area contributed by atoms with E-state index in [9.17, 15) is 10.1 Å². The zero-order valence-electron chi connectivity index (χ0n) is 5.57. The second-order valence-corrected chi connectivity index (χ2v) is 2.73. The van der Waals surface area contributed by atoms with Gasteiger partial charge in [0.2, 0.25) is 6.20 Å². The van der Waals surface area contributed by atoms with Gasteiger partial charge >= 0.3 is 10.8 Å². The summed E-state index contributed by atoms with van der Waals surface area (Å²) in [7, 11) is 0. The molecule has 0 aliphatic heterocycles. The highest BCUT2D eigenvalue weighted by Crippen LogP contribution is 2.23. The van der Waals surface area contributed by atoms with Crippen LogP contribution in [-0.4, -0.2) is 10.1 Å². The third-order valence-electron chi connectivity index (χ3n) is 1.15. The normalized spacial score (nSPS) is 9.83. The summed E-state index contributed by atoms with van der Waals surface area (Å²) in [6, 6.07) is 0.962. The van der Waals surface area contributed by atoms with Crippen LogP contribution < -0.4 is 4.73 Å². The Morgan fingerprint density at radius 1 is 1.58 bits per heavy atom. The molecule has 0 radical (unpaired) electrons. The van der Waals surface area contributed by atoms with Gasteiger partial charge in [-0.2, -0.15) is 0 Å². The Hall–Kier alpha value is -1.07. The molecule has 12 heavy (non-hydrogen) atoms. The molecule has 1 aromatic rings. The lowest BCUT2D eigenvalue weighted by atomic mass is 10.4. The molecule has 0 unspecified atom stereocenters. The highest BCUT2D eigenvalue weighted by Gasteiger charge is 2.21. The molecule has 0 saturated heterocycles. The van der Waals surface area contributed by atoms with Crippen LogP contribution in [0.1, 0.15) is 0 Å².